The molecule has 3 rings (SSSR count). The molecule has 4 nitrogen and oxygen atoms in total. The Morgan fingerprint density at radius 3 is 2.38 bits per heavy atom. The Morgan fingerprint density at radius 1 is 1.04 bits per heavy atom. The van der Waals surface area contributed by atoms with Gasteiger partial charge in [-0.2, -0.15) is 0 Å². The summed E-state index contributed by atoms with van der Waals surface area (Å²) >= 11 is 0. The third-order valence-electron chi connectivity index (χ3n) is 5.81. The smallest absolute Gasteiger partial charge is 0.122 e. The van der Waals surface area contributed by atoms with Gasteiger partial charge in [0.1, 0.15) is 5.82 Å². The van der Waals surface area contributed by atoms with E-state index in [2.05, 4.69) is 53.2 Å². The van der Waals surface area contributed by atoms with Crippen molar-refractivity contribution in [2.75, 3.05) is 32.7 Å². The molecule has 0 amide bonds. The Labute approximate surface area is 148 Å². The van der Waals surface area contributed by atoms with Crippen LogP contribution < -0.4 is 0 Å². The molecule has 1 aromatic heterocycles. The summed E-state index contributed by atoms with van der Waals surface area (Å²) in [6.45, 7) is 17.7. The number of piperidine rings is 1. The molecular weight excluding hydrogens is 296 g/mol. The molecule has 0 saturated carbocycles. The van der Waals surface area contributed by atoms with E-state index in [1.54, 1.807) is 0 Å². The fraction of sp³-hybridized carbons (Fsp3) is 0.850. The molecule has 2 aliphatic heterocycles. The number of likely N-dealkylation sites (tertiary alicyclic amines) is 2. The molecule has 2 aliphatic rings. The minimum absolute atomic E-state index is 0.430. The molecule has 0 bridgehead atoms. The maximum atomic E-state index is 4.54. The summed E-state index contributed by atoms with van der Waals surface area (Å²) in [6.07, 6.45) is 8.21. The van der Waals surface area contributed by atoms with E-state index in [1.165, 1.54) is 57.8 Å². The average Bonchev–Trinajstić information content (AvgIpc) is 3.15. The third kappa shape index (κ3) is 4.60. The highest BCUT2D eigenvalue weighted by molar-refractivity contribution is 4.93. The molecule has 1 atom stereocenters. The van der Waals surface area contributed by atoms with E-state index in [0.717, 1.165) is 24.9 Å². The minimum atomic E-state index is 0.430. The lowest BCUT2D eigenvalue weighted by Crippen LogP contribution is -2.37. The quantitative estimate of drug-likeness (QED) is 0.825. The molecule has 2 fully saturated rings. The van der Waals surface area contributed by atoms with Crippen LogP contribution in [0.25, 0.3) is 0 Å². The van der Waals surface area contributed by atoms with Crippen LogP contribution in [0, 0.1) is 17.3 Å². The molecule has 0 radical (unpaired) electrons. The van der Waals surface area contributed by atoms with E-state index in [-0.39, 0.29) is 0 Å². The summed E-state index contributed by atoms with van der Waals surface area (Å²) in [4.78, 5) is 9.84. The maximum absolute atomic E-state index is 4.54. The zero-order valence-electron chi connectivity index (χ0n) is 16.2. The molecule has 0 spiro atoms. The predicted molar refractivity (Wildman–Crippen MR) is 99.9 cm³/mol. The van der Waals surface area contributed by atoms with E-state index in [1.807, 2.05) is 6.20 Å². The summed E-state index contributed by atoms with van der Waals surface area (Å²) in [5.74, 6) is 3.11. The van der Waals surface area contributed by atoms with E-state index < -0.39 is 0 Å². The Hall–Kier alpha value is -0.870. The van der Waals surface area contributed by atoms with Gasteiger partial charge >= 0.3 is 0 Å². The van der Waals surface area contributed by atoms with Crippen molar-refractivity contribution in [3.8, 4) is 0 Å². The summed E-state index contributed by atoms with van der Waals surface area (Å²) < 4.78 is 2.27. The highest BCUT2D eigenvalue weighted by Gasteiger charge is 2.33. The molecule has 0 aliphatic carbocycles. The van der Waals surface area contributed by atoms with Gasteiger partial charge in [-0.15, -0.1) is 0 Å². The number of nitrogens with zero attached hydrogens (tertiary/aromatic N) is 4. The van der Waals surface area contributed by atoms with Crippen molar-refractivity contribution in [3.63, 3.8) is 0 Å². The first-order chi connectivity index (χ1) is 11.4. The van der Waals surface area contributed by atoms with Gasteiger partial charge in [0.05, 0.1) is 6.54 Å². The van der Waals surface area contributed by atoms with Crippen molar-refractivity contribution in [1.82, 2.24) is 19.4 Å². The molecule has 136 valence electrons. The first-order valence-electron chi connectivity index (χ1n) is 9.89. The largest absolute Gasteiger partial charge is 0.334 e. The topological polar surface area (TPSA) is 24.3 Å². The van der Waals surface area contributed by atoms with Crippen molar-refractivity contribution in [2.24, 2.45) is 17.3 Å². The van der Waals surface area contributed by atoms with E-state index in [4.69, 9.17) is 0 Å². The Bertz CT molecular complexity index is 508. The van der Waals surface area contributed by atoms with Crippen LogP contribution in [-0.2, 0) is 13.1 Å². The predicted octanol–water partition coefficient (Wildman–Crippen LogP) is 3.48. The fourth-order valence-electron chi connectivity index (χ4n) is 4.62. The van der Waals surface area contributed by atoms with E-state index >= 15 is 0 Å². The summed E-state index contributed by atoms with van der Waals surface area (Å²) in [6, 6.07) is 0. The zero-order chi connectivity index (χ0) is 17.2. The average molecular weight is 333 g/mol. The molecule has 0 N–H and O–H groups in total. The monoisotopic (exact) mass is 332 g/mol. The number of hydrogen-bond acceptors (Lipinski definition) is 3. The molecule has 3 heterocycles. The second-order valence-electron chi connectivity index (χ2n) is 9.09. The second kappa shape index (κ2) is 7.57. The van der Waals surface area contributed by atoms with Crippen LogP contribution >= 0.6 is 0 Å². The molecule has 0 unspecified atom stereocenters. The van der Waals surface area contributed by atoms with Gasteiger partial charge in [0.2, 0.25) is 0 Å². The van der Waals surface area contributed by atoms with E-state index in [9.17, 15) is 0 Å². The number of hydrogen-bond donors (Lipinski definition) is 0. The van der Waals surface area contributed by atoms with Gasteiger partial charge in [-0.3, -0.25) is 4.90 Å². The Balaban J connectivity index is 1.44. The van der Waals surface area contributed by atoms with Crippen LogP contribution in [0.15, 0.2) is 12.4 Å². The molecule has 24 heavy (non-hydrogen) atoms. The maximum Gasteiger partial charge on any atom is 0.122 e. The van der Waals surface area contributed by atoms with Crippen LogP contribution in [0.5, 0.6) is 0 Å². The number of rotatable bonds is 5. The fourth-order valence-corrected chi connectivity index (χ4v) is 4.62. The normalized spacial score (nSPS) is 24.8. The second-order valence-corrected chi connectivity index (χ2v) is 9.09. The highest BCUT2D eigenvalue weighted by atomic mass is 15.2. The third-order valence-corrected chi connectivity index (χ3v) is 5.81. The van der Waals surface area contributed by atoms with Crippen LogP contribution in [0.2, 0.25) is 0 Å². The van der Waals surface area contributed by atoms with Gasteiger partial charge in [-0.1, -0.05) is 20.8 Å². The number of aromatic nitrogens is 2. The van der Waals surface area contributed by atoms with Crippen LogP contribution in [-0.4, -0.2) is 52.1 Å². The molecule has 1 aromatic rings. The summed E-state index contributed by atoms with van der Waals surface area (Å²) in [5.41, 5.74) is 0.430. The van der Waals surface area contributed by atoms with Gasteiger partial charge in [0.15, 0.2) is 0 Å². The summed E-state index contributed by atoms with van der Waals surface area (Å²) in [7, 11) is 0. The SMILES string of the molecule is CCn1ccnc1CN1CCC([C@H]2CCN(CC(C)(C)C)C2)CC1. The first-order valence-corrected chi connectivity index (χ1v) is 9.89. The van der Waals surface area contributed by atoms with Crippen LogP contribution in [0.3, 0.4) is 0 Å². The molecule has 4 heteroatoms. The van der Waals surface area contributed by atoms with Crippen LogP contribution in [0.1, 0.15) is 52.8 Å². The lowest BCUT2D eigenvalue weighted by molar-refractivity contribution is 0.134. The van der Waals surface area contributed by atoms with Gasteiger partial charge in [-0.25, -0.2) is 4.98 Å². The van der Waals surface area contributed by atoms with Crippen molar-refractivity contribution in [2.45, 2.75) is 60.0 Å². The lowest BCUT2D eigenvalue weighted by Gasteiger charge is -2.35. The number of imidazole rings is 1. The van der Waals surface area contributed by atoms with Gasteiger partial charge in [0, 0.05) is 32.0 Å². The van der Waals surface area contributed by atoms with Crippen molar-refractivity contribution in [1.29, 1.82) is 0 Å². The van der Waals surface area contributed by atoms with Gasteiger partial charge < -0.3 is 9.47 Å². The Kier molecular flexibility index (Phi) is 5.66. The molecule has 2 saturated heterocycles. The highest BCUT2D eigenvalue weighted by Crippen LogP contribution is 2.33. The minimum Gasteiger partial charge on any atom is -0.334 e. The van der Waals surface area contributed by atoms with Crippen LogP contribution in [0.4, 0.5) is 0 Å². The van der Waals surface area contributed by atoms with E-state index in [0.29, 0.717) is 5.41 Å². The molecule has 0 aromatic carbocycles. The number of aryl methyl sites for hydroxylation is 1. The molecular formula is C20H36N4. The Morgan fingerprint density at radius 2 is 1.71 bits per heavy atom. The standard InChI is InChI=1S/C20H36N4/c1-5-24-13-9-21-19(24)15-22-10-6-17(7-11-22)18-8-12-23(14-18)16-20(2,3)4/h9,13,17-18H,5-8,10-12,14-16H2,1-4H3/t18-/m0/s1. The van der Waals surface area contributed by atoms with Gasteiger partial charge in [-0.05, 0) is 63.1 Å². The first kappa shape index (κ1) is 17.9. The van der Waals surface area contributed by atoms with Gasteiger partial charge in [0.25, 0.3) is 0 Å². The van der Waals surface area contributed by atoms with Crippen molar-refractivity contribution in [3.05, 3.63) is 18.2 Å². The lowest BCUT2D eigenvalue weighted by atomic mass is 9.83. The van der Waals surface area contributed by atoms with Crippen molar-refractivity contribution < 1.29 is 0 Å². The zero-order valence-corrected chi connectivity index (χ0v) is 16.2. The summed E-state index contributed by atoms with van der Waals surface area (Å²) in [5, 5.41) is 0. The van der Waals surface area contributed by atoms with Crippen molar-refractivity contribution >= 4 is 0 Å².